The second kappa shape index (κ2) is 4.75. The predicted octanol–water partition coefficient (Wildman–Crippen LogP) is 2.67. The van der Waals surface area contributed by atoms with Crippen molar-refractivity contribution in [3.63, 3.8) is 0 Å². The van der Waals surface area contributed by atoms with Gasteiger partial charge in [-0.15, -0.1) is 0 Å². The zero-order valence-electron chi connectivity index (χ0n) is 9.66. The molecule has 1 aromatic heterocycles. The minimum atomic E-state index is 0.609. The largest absolute Gasteiger partial charge is 0.317 e. The Bertz CT molecular complexity index is 314. The van der Waals surface area contributed by atoms with Gasteiger partial charge in [-0.1, -0.05) is 13.8 Å². The van der Waals surface area contributed by atoms with E-state index < -0.39 is 0 Å². The number of nitrogens with zero attached hydrogens (tertiary/aromatic N) is 1. The molecule has 1 aliphatic rings. The van der Waals surface area contributed by atoms with Crippen molar-refractivity contribution in [1.29, 1.82) is 0 Å². The zero-order valence-corrected chi connectivity index (χ0v) is 9.66. The van der Waals surface area contributed by atoms with Crippen LogP contribution in [0.2, 0.25) is 0 Å². The average Bonchev–Trinajstić information content (AvgIpc) is 2.30. The van der Waals surface area contributed by atoms with E-state index in [2.05, 4.69) is 36.4 Å². The van der Waals surface area contributed by atoms with E-state index in [1.165, 1.54) is 24.0 Å². The first-order chi connectivity index (χ1) is 7.29. The second-order valence-electron chi connectivity index (χ2n) is 4.68. The standard InChI is InChI=1S/C13H20N2/c1-10(2)12-5-8-15-9-13(12)11-3-6-14-7-4-11/h5,8-11,14H,3-4,6-7H2,1-2H3. The number of rotatable bonds is 2. The summed E-state index contributed by atoms with van der Waals surface area (Å²) in [6, 6.07) is 2.18. The van der Waals surface area contributed by atoms with Gasteiger partial charge in [0.15, 0.2) is 0 Å². The van der Waals surface area contributed by atoms with Crippen LogP contribution in [0.4, 0.5) is 0 Å². The Morgan fingerprint density at radius 2 is 2.07 bits per heavy atom. The summed E-state index contributed by atoms with van der Waals surface area (Å²) in [4.78, 5) is 4.28. The minimum absolute atomic E-state index is 0.609. The van der Waals surface area contributed by atoms with Crippen LogP contribution in [0.15, 0.2) is 18.5 Å². The molecule has 0 aromatic carbocycles. The summed E-state index contributed by atoms with van der Waals surface area (Å²) in [7, 11) is 0. The van der Waals surface area contributed by atoms with E-state index in [1.54, 1.807) is 0 Å². The van der Waals surface area contributed by atoms with Crippen LogP contribution < -0.4 is 5.32 Å². The highest BCUT2D eigenvalue weighted by atomic mass is 14.9. The van der Waals surface area contributed by atoms with E-state index in [0.717, 1.165) is 19.0 Å². The number of aromatic nitrogens is 1. The first-order valence-electron chi connectivity index (χ1n) is 5.93. The number of hydrogen-bond donors (Lipinski definition) is 1. The van der Waals surface area contributed by atoms with Gasteiger partial charge in [0, 0.05) is 12.4 Å². The first kappa shape index (κ1) is 10.6. The molecule has 0 bridgehead atoms. The molecule has 0 aliphatic carbocycles. The Hall–Kier alpha value is -0.890. The zero-order chi connectivity index (χ0) is 10.7. The summed E-state index contributed by atoms with van der Waals surface area (Å²) in [6.07, 6.45) is 6.50. The third kappa shape index (κ3) is 2.37. The van der Waals surface area contributed by atoms with Crippen LogP contribution in [0.25, 0.3) is 0 Å². The molecule has 0 atom stereocenters. The first-order valence-corrected chi connectivity index (χ1v) is 5.93. The SMILES string of the molecule is CC(C)c1ccncc1C1CCNCC1. The lowest BCUT2D eigenvalue weighted by Gasteiger charge is -2.25. The normalized spacial score (nSPS) is 18.3. The van der Waals surface area contributed by atoms with Crippen molar-refractivity contribution in [3.05, 3.63) is 29.6 Å². The summed E-state index contributed by atoms with van der Waals surface area (Å²) in [5, 5.41) is 3.41. The molecule has 0 amide bonds. The molecule has 82 valence electrons. The third-order valence-electron chi connectivity index (χ3n) is 3.29. The Kier molecular flexibility index (Phi) is 3.37. The summed E-state index contributed by atoms with van der Waals surface area (Å²) in [6.45, 7) is 6.83. The van der Waals surface area contributed by atoms with Gasteiger partial charge in [-0.2, -0.15) is 0 Å². The molecule has 0 unspecified atom stereocenters. The van der Waals surface area contributed by atoms with Crippen LogP contribution in [-0.2, 0) is 0 Å². The number of piperidine rings is 1. The lowest BCUT2D eigenvalue weighted by molar-refractivity contribution is 0.456. The molecule has 1 fully saturated rings. The van der Waals surface area contributed by atoms with Gasteiger partial charge in [-0.05, 0) is 55.0 Å². The summed E-state index contributed by atoms with van der Waals surface area (Å²) in [5.74, 6) is 1.33. The fourth-order valence-electron chi connectivity index (χ4n) is 2.42. The van der Waals surface area contributed by atoms with Crippen LogP contribution in [0.5, 0.6) is 0 Å². The van der Waals surface area contributed by atoms with Crippen LogP contribution in [0.1, 0.15) is 49.7 Å². The number of nitrogens with one attached hydrogen (secondary N) is 1. The summed E-state index contributed by atoms with van der Waals surface area (Å²) < 4.78 is 0. The molecule has 0 saturated carbocycles. The maximum absolute atomic E-state index is 4.28. The van der Waals surface area contributed by atoms with Crippen LogP contribution >= 0.6 is 0 Å². The molecule has 1 aromatic rings. The van der Waals surface area contributed by atoms with Gasteiger partial charge < -0.3 is 5.32 Å². The third-order valence-corrected chi connectivity index (χ3v) is 3.29. The smallest absolute Gasteiger partial charge is 0.0305 e. The van der Waals surface area contributed by atoms with E-state index in [0.29, 0.717) is 5.92 Å². The maximum Gasteiger partial charge on any atom is 0.0305 e. The fourth-order valence-corrected chi connectivity index (χ4v) is 2.42. The highest BCUT2D eigenvalue weighted by Gasteiger charge is 2.19. The summed E-state index contributed by atoms with van der Waals surface area (Å²) >= 11 is 0. The lowest BCUT2D eigenvalue weighted by atomic mass is 9.85. The Morgan fingerprint density at radius 3 is 2.73 bits per heavy atom. The Labute approximate surface area is 92.1 Å². The molecule has 15 heavy (non-hydrogen) atoms. The molecular weight excluding hydrogens is 184 g/mol. The number of pyridine rings is 1. The fraction of sp³-hybridized carbons (Fsp3) is 0.615. The van der Waals surface area contributed by atoms with Crippen molar-refractivity contribution >= 4 is 0 Å². The predicted molar refractivity (Wildman–Crippen MR) is 63.2 cm³/mol. The second-order valence-corrected chi connectivity index (χ2v) is 4.68. The van der Waals surface area contributed by atoms with Crippen molar-refractivity contribution in [2.45, 2.75) is 38.5 Å². The van der Waals surface area contributed by atoms with Crippen molar-refractivity contribution in [1.82, 2.24) is 10.3 Å². The van der Waals surface area contributed by atoms with Crippen molar-refractivity contribution in [2.24, 2.45) is 0 Å². The van der Waals surface area contributed by atoms with E-state index in [9.17, 15) is 0 Å². The van der Waals surface area contributed by atoms with Gasteiger partial charge in [0.05, 0.1) is 0 Å². The highest BCUT2D eigenvalue weighted by molar-refractivity contribution is 5.30. The Morgan fingerprint density at radius 1 is 1.33 bits per heavy atom. The Balaban J connectivity index is 2.25. The van der Waals surface area contributed by atoms with Gasteiger partial charge in [-0.3, -0.25) is 4.98 Å². The lowest BCUT2D eigenvalue weighted by Crippen LogP contribution is -2.27. The molecule has 2 rings (SSSR count). The van der Waals surface area contributed by atoms with Crippen molar-refractivity contribution < 1.29 is 0 Å². The molecule has 1 saturated heterocycles. The van der Waals surface area contributed by atoms with Gasteiger partial charge in [-0.25, -0.2) is 0 Å². The molecule has 2 heteroatoms. The molecule has 1 aliphatic heterocycles. The van der Waals surface area contributed by atoms with E-state index >= 15 is 0 Å². The molecular formula is C13H20N2. The van der Waals surface area contributed by atoms with Gasteiger partial charge in [0.1, 0.15) is 0 Å². The van der Waals surface area contributed by atoms with E-state index in [-0.39, 0.29) is 0 Å². The minimum Gasteiger partial charge on any atom is -0.317 e. The van der Waals surface area contributed by atoms with Gasteiger partial charge in [0.2, 0.25) is 0 Å². The molecule has 0 radical (unpaired) electrons. The van der Waals surface area contributed by atoms with E-state index in [1.807, 2.05) is 6.20 Å². The topological polar surface area (TPSA) is 24.9 Å². The van der Waals surface area contributed by atoms with Crippen LogP contribution in [0.3, 0.4) is 0 Å². The quantitative estimate of drug-likeness (QED) is 0.801. The van der Waals surface area contributed by atoms with Gasteiger partial charge in [0.25, 0.3) is 0 Å². The molecule has 1 N–H and O–H groups in total. The van der Waals surface area contributed by atoms with E-state index in [4.69, 9.17) is 0 Å². The monoisotopic (exact) mass is 204 g/mol. The number of hydrogen-bond acceptors (Lipinski definition) is 2. The molecule has 0 spiro atoms. The molecule has 2 nitrogen and oxygen atoms in total. The maximum atomic E-state index is 4.28. The highest BCUT2D eigenvalue weighted by Crippen LogP contribution is 2.30. The summed E-state index contributed by atoms with van der Waals surface area (Å²) in [5.41, 5.74) is 2.96. The van der Waals surface area contributed by atoms with Gasteiger partial charge >= 0.3 is 0 Å². The van der Waals surface area contributed by atoms with Crippen molar-refractivity contribution in [3.8, 4) is 0 Å². The van der Waals surface area contributed by atoms with Crippen LogP contribution in [-0.4, -0.2) is 18.1 Å². The van der Waals surface area contributed by atoms with Crippen LogP contribution in [0, 0.1) is 0 Å². The average molecular weight is 204 g/mol. The molecule has 2 heterocycles. The van der Waals surface area contributed by atoms with Crippen molar-refractivity contribution in [2.75, 3.05) is 13.1 Å².